The van der Waals surface area contributed by atoms with Gasteiger partial charge in [-0.25, -0.2) is 9.78 Å². The molecule has 8 nitrogen and oxygen atoms in total. The van der Waals surface area contributed by atoms with Gasteiger partial charge in [-0.2, -0.15) is 0 Å². The molecule has 1 saturated carbocycles. The van der Waals surface area contributed by atoms with E-state index in [0.29, 0.717) is 31.5 Å². The van der Waals surface area contributed by atoms with Gasteiger partial charge in [0.15, 0.2) is 0 Å². The van der Waals surface area contributed by atoms with Crippen molar-refractivity contribution in [2.75, 3.05) is 19.8 Å². The van der Waals surface area contributed by atoms with Crippen molar-refractivity contribution in [3.8, 4) is 0 Å². The number of alkyl carbamates (subject to hydrolysis) is 1. The minimum atomic E-state index is -0.642. The fraction of sp³-hybridized carbons (Fsp3) is 0.591. The van der Waals surface area contributed by atoms with Gasteiger partial charge in [0.2, 0.25) is 0 Å². The molecule has 0 radical (unpaired) electrons. The lowest BCUT2D eigenvalue weighted by Gasteiger charge is -2.31. The van der Waals surface area contributed by atoms with Crippen molar-refractivity contribution in [2.45, 2.75) is 57.3 Å². The second-order valence-electron chi connectivity index (χ2n) is 8.59. The molecule has 4 heterocycles. The Morgan fingerprint density at radius 2 is 2.19 bits per heavy atom. The van der Waals surface area contributed by atoms with E-state index in [1.54, 1.807) is 18.3 Å². The van der Waals surface area contributed by atoms with Crippen LogP contribution in [-0.4, -0.2) is 51.6 Å². The van der Waals surface area contributed by atoms with Crippen molar-refractivity contribution >= 4 is 38.7 Å². The molecular formula is C22H28N4O4S. The van der Waals surface area contributed by atoms with E-state index >= 15 is 0 Å². The third-order valence-corrected chi connectivity index (χ3v) is 7.31. The third kappa shape index (κ3) is 4.14. The largest absolute Gasteiger partial charge is 0.444 e. The molecule has 2 N–H and O–H groups in total. The van der Waals surface area contributed by atoms with Crippen LogP contribution < -0.4 is 5.32 Å². The molecule has 1 aliphatic carbocycles. The minimum Gasteiger partial charge on any atom is -0.444 e. The summed E-state index contributed by atoms with van der Waals surface area (Å²) in [6.07, 6.45) is 5.46. The van der Waals surface area contributed by atoms with Crippen LogP contribution in [0, 0.1) is 5.92 Å². The summed E-state index contributed by atoms with van der Waals surface area (Å²) in [6.45, 7) is 3.56. The van der Waals surface area contributed by atoms with Crippen molar-refractivity contribution < 1.29 is 19.4 Å². The Hall–Kier alpha value is -2.23. The molecule has 9 heteroatoms. The highest BCUT2D eigenvalue weighted by atomic mass is 32.1. The van der Waals surface area contributed by atoms with Gasteiger partial charge in [-0.3, -0.25) is 4.98 Å². The maximum absolute atomic E-state index is 12.0. The molecular weight excluding hydrogens is 416 g/mol. The average molecular weight is 445 g/mol. The number of imidazole rings is 1. The summed E-state index contributed by atoms with van der Waals surface area (Å²) in [5.74, 6) is 1.14. The summed E-state index contributed by atoms with van der Waals surface area (Å²) in [5.41, 5.74) is 2.90. The number of carbonyl (C=O) groups is 1. The molecule has 0 spiro atoms. The first kappa shape index (κ1) is 20.7. The molecule has 2 aliphatic rings. The van der Waals surface area contributed by atoms with Crippen molar-refractivity contribution in [2.24, 2.45) is 5.92 Å². The monoisotopic (exact) mass is 444 g/mol. The maximum atomic E-state index is 12.0. The molecule has 1 unspecified atom stereocenters. The number of aliphatic hydroxyl groups is 1. The minimum absolute atomic E-state index is 0.118. The smallest absolute Gasteiger partial charge is 0.407 e. The number of hydrogen-bond acceptors (Lipinski definition) is 7. The van der Waals surface area contributed by atoms with Crippen LogP contribution in [-0.2, 0) is 9.47 Å². The molecule has 5 rings (SSSR count). The first-order valence-corrected chi connectivity index (χ1v) is 11.9. The molecule has 166 valence electrons. The number of aliphatic hydroxyl groups excluding tert-OH is 1. The molecule has 0 bridgehead atoms. The molecule has 3 aromatic rings. The highest BCUT2D eigenvalue weighted by Crippen LogP contribution is 2.39. The topological polar surface area (TPSA) is 98.5 Å². The normalized spacial score (nSPS) is 25.2. The Balaban J connectivity index is 1.27. The van der Waals surface area contributed by atoms with Crippen molar-refractivity contribution in [3.63, 3.8) is 0 Å². The SMILES string of the molecule is C[C@@H](O)c1nc2cnc3ccsc3c2n1C1CCC(CNC(=O)OC2CCOC2)CC1. The number of hydrogen-bond donors (Lipinski definition) is 2. The summed E-state index contributed by atoms with van der Waals surface area (Å²) < 4.78 is 14.0. The van der Waals surface area contributed by atoms with Crippen LogP contribution in [0.3, 0.4) is 0 Å². The van der Waals surface area contributed by atoms with Crippen LogP contribution in [0.1, 0.15) is 57.0 Å². The fourth-order valence-corrected chi connectivity index (χ4v) is 5.68. The molecule has 2 fully saturated rings. The molecule has 3 aromatic heterocycles. The van der Waals surface area contributed by atoms with E-state index in [9.17, 15) is 9.90 Å². The van der Waals surface area contributed by atoms with E-state index in [1.807, 2.05) is 12.3 Å². The molecule has 1 aliphatic heterocycles. The van der Waals surface area contributed by atoms with E-state index in [4.69, 9.17) is 14.5 Å². The van der Waals surface area contributed by atoms with Crippen LogP contribution in [0.4, 0.5) is 4.79 Å². The van der Waals surface area contributed by atoms with Crippen LogP contribution in [0.15, 0.2) is 17.6 Å². The van der Waals surface area contributed by atoms with Gasteiger partial charge in [-0.15, -0.1) is 11.3 Å². The zero-order chi connectivity index (χ0) is 21.4. The highest BCUT2D eigenvalue weighted by Gasteiger charge is 2.29. The van der Waals surface area contributed by atoms with E-state index < -0.39 is 6.10 Å². The number of amides is 1. The lowest BCUT2D eigenvalue weighted by atomic mass is 9.85. The second kappa shape index (κ2) is 8.72. The van der Waals surface area contributed by atoms with Crippen molar-refractivity contribution in [1.82, 2.24) is 19.9 Å². The average Bonchev–Trinajstić information content (AvgIpc) is 3.51. The van der Waals surface area contributed by atoms with Crippen LogP contribution in [0.25, 0.3) is 21.3 Å². The summed E-state index contributed by atoms with van der Waals surface area (Å²) in [6, 6.07) is 2.30. The Morgan fingerprint density at radius 1 is 1.35 bits per heavy atom. The first-order chi connectivity index (χ1) is 15.1. The van der Waals surface area contributed by atoms with Crippen molar-refractivity contribution in [3.05, 3.63) is 23.5 Å². The molecule has 2 atom stereocenters. The highest BCUT2D eigenvalue weighted by molar-refractivity contribution is 7.18. The molecule has 1 saturated heterocycles. The maximum Gasteiger partial charge on any atom is 0.407 e. The third-order valence-electron chi connectivity index (χ3n) is 6.40. The molecule has 1 amide bonds. The summed E-state index contributed by atoms with van der Waals surface area (Å²) in [7, 11) is 0. The Labute approximate surface area is 184 Å². The van der Waals surface area contributed by atoms with Crippen LogP contribution in [0.2, 0.25) is 0 Å². The van der Waals surface area contributed by atoms with Crippen LogP contribution in [0.5, 0.6) is 0 Å². The number of carbonyl (C=O) groups excluding carboxylic acids is 1. The quantitative estimate of drug-likeness (QED) is 0.618. The van der Waals surface area contributed by atoms with Gasteiger partial charge in [0.25, 0.3) is 0 Å². The Morgan fingerprint density at radius 3 is 2.94 bits per heavy atom. The number of nitrogens with one attached hydrogen (secondary N) is 1. The number of rotatable bonds is 5. The number of pyridine rings is 1. The van der Waals surface area contributed by atoms with Gasteiger partial charge in [-0.05, 0) is 50.0 Å². The fourth-order valence-electron chi connectivity index (χ4n) is 4.79. The number of aromatic nitrogens is 3. The predicted molar refractivity (Wildman–Crippen MR) is 118 cm³/mol. The number of thiophene rings is 1. The zero-order valence-corrected chi connectivity index (χ0v) is 18.4. The Kier molecular flexibility index (Phi) is 5.81. The predicted octanol–water partition coefficient (Wildman–Crippen LogP) is 3.95. The molecule has 0 aromatic carbocycles. The van der Waals surface area contributed by atoms with E-state index in [1.165, 1.54) is 0 Å². The number of nitrogens with zero attached hydrogens (tertiary/aromatic N) is 3. The van der Waals surface area contributed by atoms with E-state index in [2.05, 4.69) is 20.2 Å². The number of ether oxygens (including phenoxy) is 2. The van der Waals surface area contributed by atoms with E-state index in [0.717, 1.165) is 53.4 Å². The van der Waals surface area contributed by atoms with E-state index in [-0.39, 0.29) is 18.2 Å². The lowest BCUT2D eigenvalue weighted by molar-refractivity contribution is 0.0815. The molecule has 31 heavy (non-hydrogen) atoms. The standard InChI is InChI=1S/C22H28N4O4S/c1-13(27)21-25-18-11-23-17-7-9-31-20(17)19(18)26(21)15-4-2-14(3-5-15)10-24-22(28)30-16-6-8-29-12-16/h7,9,11,13-16,27H,2-6,8,10,12H2,1H3,(H,24,28)/t13-,14?,15?,16?/m1/s1. The summed E-state index contributed by atoms with van der Waals surface area (Å²) in [5, 5.41) is 15.4. The number of fused-ring (bicyclic) bond motifs is 3. The zero-order valence-electron chi connectivity index (χ0n) is 17.6. The lowest BCUT2D eigenvalue weighted by Crippen LogP contribution is -2.34. The van der Waals surface area contributed by atoms with Gasteiger partial charge >= 0.3 is 6.09 Å². The summed E-state index contributed by atoms with van der Waals surface area (Å²) >= 11 is 1.67. The Bertz CT molecular complexity index is 1060. The van der Waals surface area contributed by atoms with Gasteiger partial charge in [-0.1, -0.05) is 0 Å². The van der Waals surface area contributed by atoms with Crippen molar-refractivity contribution in [1.29, 1.82) is 0 Å². The second-order valence-corrected chi connectivity index (χ2v) is 9.51. The van der Waals surface area contributed by atoms with Gasteiger partial charge < -0.3 is 24.5 Å². The van der Waals surface area contributed by atoms with Crippen LogP contribution >= 0.6 is 11.3 Å². The van der Waals surface area contributed by atoms with Gasteiger partial charge in [0.1, 0.15) is 23.5 Å². The van der Waals surface area contributed by atoms with Gasteiger partial charge in [0.05, 0.1) is 35.1 Å². The summed E-state index contributed by atoms with van der Waals surface area (Å²) in [4.78, 5) is 21.3. The first-order valence-electron chi connectivity index (χ1n) is 11.0. The van der Waals surface area contributed by atoms with Gasteiger partial charge in [0, 0.05) is 19.0 Å².